The molecule has 0 radical (unpaired) electrons. The van der Waals surface area contributed by atoms with Crippen molar-refractivity contribution in [3.8, 4) is 0 Å². The van der Waals surface area contributed by atoms with Crippen molar-refractivity contribution in [1.82, 2.24) is 0 Å². The number of aliphatic carboxylic acids is 1. The lowest BCUT2D eigenvalue weighted by Crippen LogP contribution is -1.98. The molecular weight excluding hydrogens is 152 g/mol. The second-order valence-corrected chi connectivity index (χ2v) is 3.16. The first-order chi connectivity index (χ1) is 5.70. The van der Waals surface area contributed by atoms with Crippen LogP contribution in [0.1, 0.15) is 32.6 Å². The van der Waals surface area contributed by atoms with Crippen molar-refractivity contribution in [2.75, 3.05) is 0 Å². The van der Waals surface area contributed by atoms with Gasteiger partial charge in [0.15, 0.2) is 0 Å². The van der Waals surface area contributed by atoms with Crippen LogP contribution in [0, 0.1) is 0 Å². The molecule has 2 heteroatoms. The van der Waals surface area contributed by atoms with Crippen molar-refractivity contribution in [3.63, 3.8) is 0 Å². The van der Waals surface area contributed by atoms with Gasteiger partial charge in [-0.3, -0.25) is 0 Å². The van der Waals surface area contributed by atoms with Gasteiger partial charge in [0.05, 0.1) is 0 Å². The van der Waals surface area contributed by atoms with E-state index in [0.717, 1.165) is 12.8 Å². The highest BCUT2D eigenvalue weighted by atomic mass is 16.4. The Balaban J connectivity index is 2.65. The zero-order valence-electron chi connectivity index (χ0n) is 7.34. The van der Waals surface area contributed by atoms with Gasteiger partial charge < -0.3 is 5.11 Å². The van der Waals surface area contributed by atoms with E-state index in [1.807, 2.05) is 0 Å². The number of carboxylic acids is 1. The minimum absolute atomic E-state index is 0.433. The molecule has 12 heavy (non-hydrogen) atoms. The van der Waals surface area contributed by atoms with Crippen LogP contribution in [0.5, 0.6) is 0 Å². The number of hydrogen-bond acceptors (Lipinski definition) is 1. The Kier molecular flexibility index (Phi) is 3.09. The molecule has 0 saturated carbocycles. The predicted molar refractivity (Wildman–Crippen MR) is 47.9 cm³/mol. The zero-order valence-corrected chi connectivity index (χ0v) is 7.34. The zero-order chi connectivity index (χ0) is 8.97. The molecule has 0 unspecified atom stereocenters. The fourth-order valence-corrected chi connectivity index (χ4v) is 1.33. The summed E-state index contributed by atoms with van der Waals surface area (Å²) in [6.45, 7) is 1.64. The third-order valence-corrected chi connectivity index (χ3v) is 2.07. The van der Waals surface area contributed by atoms with Crippen molar-refractivity contribution >= 4 is 5.97 Å². The topological polar surface area (TPSA) is 37.3 Å². The van der Waals surface area contributed by atoms with Crippen molar-refractivity contribution < 1.29 is 9.90 Å². The predicted octanol–water partition coefficient (Wildman–Crippen LogP) is 2.52. The van der Waals surface area contributed by atoms with E-state index in [2.05, 4.69) is 6.08 Å². The molecule has 0 saturated heterocycles. The molecule has 0 aromatic rings. The van der Waals surface area contributed by atoms with Crippen LogP contribution in [-0.2, 0) is 4.79 Å². The van der Waals surface area contributed by atoms with Crippen LogP contribution in [-0.4, -0.2) is 11.1 Å². The lowest BCUT2D eigenvalue weighted by Gasteiger charge is -2.08. The normalized spacial score (nSPS) is 18.8. The van der Waals surface area contributed by atoms with Gasteiger partial charge in [0.25, 0.3) is 0 Å². The van der Waals surface area contributed by atoms with E-state index in [1.165, 1.54) is 18.4 Å². The van der Waals surface area contributed by atoms with Crippen LogP contribution >= 0.6 is 0 Å². The highest BCUT2D eigenvalue weighted by molar-refractivity contribution is 5.86. The number of carboxylic acid groups (broad SMARTS) is 1. The van der Waals surface area contributed by atoms with E-state index in [4.69, 9.17) is 5.11 Å². The van der Waals surface area contributed by atoms with E-state index in [9.17, 15) is 4.79 Å². The van der Waals surface area contributed by atoms with Crippen LogP contribution in [0.4, 0.5) is 0 Å². The molecule has 2 nitrogen and oxygen atoms in total. The summed E-state index contributed by atoms with van der Waals surface area (Å²) in [6.07, 6.45) is 8.47. The van der Waals surface area contributed by atoms with Gasteiger partial charge in [-0.1, -0.05) is 11.6 Å². The summed E-state index contributed by atoms with van der Waals surface area (Å²) in [5, 5.41) is 8.62. The summed E-state index contributed by atoms with van der Waals surface area (Å²) in [6, 6.07) is 0. The molecule has 1 aliphatic carbocycles. The Morgan fingerprint density at radius 1 is 1.58 bits per heavy atom. The third kappa shape index (κ3) is 2.53. The first-order valence-electron chi connectivity index (χ1n) is 4.31. The van der Waals surface area contributed by atoms with E-state index < -0.39 is 5.97 Å². The Hall–Kier alpha value is -1.05. The van der Waals surface area contributed by atoms with Crippen molar-refractivity contribution in [3.05, 3.63) is 23.3 Å². The van der Waals surface area contributed by atoms with E-state index in [0.29, 0.717) is 5.57 Å². The standard InChI is InChI=1S/C10H14O2/c1-8(10(11)12)7-9-5-3-2-4-6-9/h5,7H,2-4,6H2,1H3,(H,11,12). The average molecular weight is 166 g/mol. The third-order valence-electron chi connectivity index (χ3n) is 2.07. The Morgan fingerprint density at radius 2 is 2.33 bits per heavy atom. The fraction of sp³-hybridized carbons (Fsp3) is 0.500. The van der Waals surface area contributed by atoms with Crippen molar-refractivity contribution in [2.24, 2.45) is 0 Å². The average Bonchev–Trinajstić information content (AvgIpc) is 2.06. The molecule has 0 amide bonds. The number of rotatable bonds is 2. The molecule has 66 valence electrons. The SMILES string of the molecule is CC(=CC1=CCCCC1)C(=O)O. The summed E-state index contributed by atoms with van der Waals surface area (Å²) < 4.78 is 0. The van der Waals surface area contributed by atoms with Crippen LogP contribution in [0.25, 0.3) is 0 Å². The molecule has 0 bridgehead atoms. The maximum atomic E-state index is 10.5. The summed E-state index contributed by atoms with van der Waals surface area (Å²) in [7, 11) is 0. The molecule has 0 aliphatic heterocycles. The summed E-state index contributed by atoms with van der Waals surface area (Å²) in [5.41, 5.74) is 1.62. The molecule has 0 aromatic heterocycles. The number of hydrogen-bond donors (Lipinski definition) is 1. The quantitative estimate of drug-likeness (QED) is 0.640. The minimum Gasteiger partial charge on any atom is -0.478 e. The molecular formula is C10H14O2. The molecule has 1 rings (SSSR count). The van der Waals surface area contributed by atoms with Gasteiger partial charge in [-0.05, 0) is 38.7 Å². The van der Waals surface area contributed by atoms with Gasteiger partial charge in [0.2, 0.25) is 0 Å². The van der Waals surface area contributed by atoms with Crippen LogP contribution in [0.15, 0.2) is 23.3 Å². The van der Waals surface area contributed by atoms with E-state index >= 15 is 0 Å². The second-order valence-electron chi connectivity index (χ2n) is 3.16. The highest BCUT2D eigenvalue weighted by Gasteiger charge is 2.04. The molecule has 0 atom stereocenters. The number of carbonyl (C=O) groups is 1. The van der Waals surface area contributed by atoms with Gasteiger partial charge >= 0.3 is 5.97 Å². The Morgan fingerprint density at radius 3 is 2.83 bits per heavy atom. The maximum absolute atomic E-state index is 10.5. The van der Waals surface area contributed by atoms with Crippen LogP contribution < -0.4 is 0 Å². The van der Waals surface area contributed by atoms with Crippen LogP contribution in [0.2, 0.25) is 0 Å². The molecule has 0 heterocycles. The summed E-state index contributed by atoms with van der Waals surface area (Å²) in [4.78, 5) is 10.5. The fourth-order valence-electron chi connectivity index (χ4n) is 1.33. The highest BCUT2D eigenvalue weighted by Crippen LogP contribution is 2.19. The molecule has 1 N–H and O–H groups in total. The Labute approximate surface area is 72.6 Å². The van der Waals surface area contributed by atoms with Gasteiger partial charge in [-0.15, -0.1) is 0 Å². The van der Waals surface area contributed by atoms with Crippen molar-refractivity contribution in [2.45, 2.75) is 32.6 Å². The molecule has 0 aromatic carbocycles. The molecule has 1 aliphatic rings. The lowest BCUT2D eigenvalue weighted by molar-refractivity contribution is -0.132. The van der Waals surface area contributed by atoms with Gasteiger partial charge in [0.1, 0.15) is 0 Å². The second kappa shape index (κ2) is 4.10. The maximum Gasteiger partial charge on any atom is 0.331 e. The molecule has 0 spiro atoms. The van der Waals surface area contributed by atoms with Crippen LogP contribution in [0.3, 0.4) is 0 Å². The molecule has 0 fully saturated rings. The summed E-state index contributed by atoms with van der Waals surface area (Å²) in [5.74, 6) is -0.818. The smallest absolute Gasteiger partial charge is 0.331 e. The largest absolute Gasteiger partial charge is 0.478 e. The van der Waals surface area contributed by atoms with E-state index in [1.54, 1.807) is 13.0 Å². The first kappa shape index (κ1) is 9.04. The monoisotopic (exact) mass is 166 g/mol. The van der Waals surface area contributed by atoms with Gasteiger partial charge in [-0.2, -0.15) is 0 Å². The Bertz CT molecular complexity index is 236. The van der Waals surface area contributed by atoms with Crippen molar-refractivity contribution in [1.29, 1.82) is 0 Å². The lowest BCUT2D eigenvalue weighted by atomic mass is 9.98. The summed E-state index contributed by atoms with van der Waals surface area (Å²) >= 11 is 0. The van der Waals surface area contributed by atoms with Gasteiger partial charge in [-0.25, -0.2) is 4.79 Å². The first-order valence-corrected chi connectivity index (χ1v) is 4.31. The van der Waals surface area contributed by atoms with Gasteiger partial charge in [0, 0.05) is 5.57 Å². The number of allylic oxidation sites excluding steroid dienone is 3. The van der Waals surface area contributed by atoms with E-state index in [-0.39, 0.29) is 0 Å². The minimum atomic E-state index is -0.818.